The van der Waals surface area contributed by atoms with Crippen LogP contribution in [0.1, 0.15) is 125 Å². The zero-order valence-electron chi connectivity index (χ0n) is 23.7. The standard InChI is InChI=1S/C32H54O3/c1-7-8-20-34-30(33)35-25-16-18-31(5)24(21-25)12-13-26-28-15-14-27(23(4)11-9-10-22(2)3)32(28,6)19-17-29(26)31/h12,22-23,25-29H,7-11,13-21H2,1-6H3/t23-,25?,26?,27-,28?,29?,31+,32-/m1/s1. The zero-order valence-corrected chi connectivity index (χ0v) is 23.7. The Hall–Kier alpha value is -0.990. The molecule has 0 N–H and O–H groups in total. The smallest absolute Gasteiger partial charge is 0.434 e. The van der Waals surface area contributed by atoms with Crippen molar-refractivity contribution in [2.75, 3.05) is 6.61 Å². The number of ether oxygens (including phenoxy) is 2. The predicted molar refractivity (Wildman–Crippen MR) is 144 cm³/mol. The molecule has 8 atom stereocenters. The number of allylic oxidation sites excluding steroid dienone is 1. The Morgan fingerprint density at radius 2 is 1.83 bits per heavy atom. The number of hydrogen-bond donors (Lipinski definition) is 0. The van der Waals surface area contributed by atoms with Gasteiger partial charge in [0.05, 0.1) is 6.61 Å². The molecule has 0 saturated heterocycles. The topological polar surface area (TPSA) is 35.5 Å². The first kappa shape index (κ1) is 27.1. The van der Waals surface area contributed by atoms with E-state index in [0.717, 1.165) is 67.6 Å². The Morgan fingerprint density at radius 3 is 2.57 bits per heavy atom. The summed E-state index contributed by atoms with van der Waals surface area (Å²) in [4.78, 5) is 12.1. The third-order valence-electron chi connectivity index (χ3n) is 11.2. The number of hydrogen-bond acceptors (Lipinski definition) is 3. The van der Waals surface area contributed by atoms with E-state index in [9.17, 15) is 4.79 Å². The van der Waals surface area contributed by atoms with E-state index in [1.54, 1.807) is 5.57 Å². The van der Waals surface area contributed by atoms with Gasteiger partial charge in [0.1, 0.15) is 6.10 Å². The number of fused-ring (bicyclic) bond motifs is 5. The quantitative estimate of drug-likeness (QED) is 0.185. The average molecular weight is 487 g/mol. The lowest BCUT2D eigenvalue weighted by Crippen LogP contribution is -2.51. The van der Waals surface area contributed by atoms with Gasteiger partial charge in [0, 0.05) is 6.42 Å². The summed E-state index contributed by atoms with van der Waals surface area (Å²) in [5.41, 5.74) is 2.43. The van der Waals surface area contributed by atoms with E-state index in [2.05, 4.69) is 47.6 Å². The Morgan fingerprint density at radius 1 is 1.03 bits per heavy atom. The molecule has 4 unspecified atom stereocenters. The summed E-state index contributed by atoms with van der Waals surface area (Å²) in [6.45, 7) is 15.1. The van der Waals surface area contributed by atoms with Crippen LogP contribution in [0, 0.1) is 46.3 Å². The summed E-state index contributed by atoms with van der Waals surface area (Å²) < 4.78 is 11.0. The third-order valence-corrected chi connectivity index (χ3v) is 11.2. The Kier molecular flexibility index (Phi) is 8.64. The van der Waals surface area contributed by atoms with Gasteiger partial charge >= 0.3 is 6.16 Å². The SMILES string of the molecule is CCCCOC(=O)OC1CC[C@@]2(C)C(=CCC3C2CC[C@@]2(C)C3CC[C@@H]2[C@H](C)CCCC(C)C)C1. The van der Waals surface area contributed by atoms with Crippen molar-refractivity contribution < 1.29 is 14.3 Å². The largest absolute Gasteiger partial charge is 0.508 e. The maximum atomic E-state index is 12.1. The second-order valence-electron chi connectivity index (χ2n) is 13.7. The second-order valence-corrected chi connectivity index (χ2v) is 13.7. The van der Waals surface area contributed by atoms with Gasteiger partial charge in [-0.05, 0) is 97.7 Å². The van der Waals surface area contributed by atoms with Gasteiger partial charge in [0.2, 0.25) is 0 Å². The van der Waals surface area contributed by atoms with Crippen molar-refractivity contribution in [1.82, 2.24) is 0 Å². The van der Waals surface area contributed by atoms with Crippen LogP contribution >= 0.6 is 0 Å². The normalized spacial score (nSPS) is 39.3. The highest BCUT2D eigenvalue weighted by atomic mass is 16.7. The van der Waals surface area contributed by atoms with Crippen molar-refractivity contribution in [3.8, 4) is 0 Å². The van der Waals surface area contributed by atoms with E-state index in [0.29, 0.717) is 17.4 Å². The molecule has 3 nitrogen and oxygen atoms in total. The number of unbranched alkanes of at least 4 members (excludes halogenated alkanes) is 1. The molecule has 0 aromatic heterocycles. The molecule has 35 heavy (non-hydrogen) atoms. The van der Waals surface area contributed by atoms with Crippen LogP contribution in [0.4, 0.5) is 4.79 Å². The van der Waals surface area contributed by atoms with Gasteiger partial charge in [0.15, 0.2) is 0 Å². The molecule has 0 heterocycles. The van der Waals surface area contributed by atoms with Gasteiger partial charge in [0.25, 0.3) is 0 Å². The molecule has 0 aromatic rings. The minimum absolute atomic E-state index is 0.00333. The van der Waals surface area contributed by atoms with E-state index in [1.165, 1.54) is 51.4 Å². The fraction of sp³-hybridized carbons (Fsp3) is 0.906. The monoisotopic (exact) mass is 486 g/mol. The molecule has 4 rings (SSSR count). The van der Waals surface area contributed by atoms with Crippen LogP contribution in [0.3, 0.4) is 0 Å². The molecule has 4 aliphatic rings. The number of rotatable bonds is 9. The lowest BCUT2D eigenvalue weighted by atomic mass is 9.47. The molecule has 3 heteroatoms. The maximum Gasteiger partial charge on any atom is 0.508 e. The molecule has 3 saturated carbocycles. The van der Waals surface area contributed by atoms with Crippen molar-refractivity contribution in [3.63, 3.8) is 0 Å². The molecule has 3 fully saturated rings. The average Bonchev–Trinajstić information content (AvgIpc) is 3.16. The van der Waals surface area contributed by atoms with E-state index in [-0.39, 0.29) is 6.10 Å². The fourth-order valence-corrected chi connectivity index (χ4v) is 9.22. The van der Waals surface area contributed by atoms with Crippen molar-refractivity contribution >= 4 is 6.16 Å². The van der Waals surface area contributed by atoms with Crippen molar-refractivity contribution in [3.05, 3.63) is 11.6 Å². The molecule has 0 spiro atoms. The van der Waals surface area contributed by atoms with Crippen LogP contribution in [0.5, 0.6) is 0 Å². The first-order valence-corrected chi connectivity index (χ1v) is 15.2. The Balaban J connectivity index is 1.39. The molecular formula is C32H54O3. The lowest BCUT2D eigenvalue weighted by molar-refractivity contribution is -0.0617. The van der Waals surface area contributed by atoms with Gasteiger partial charge in [-0.3, -0.25) is 0 Å². The summed E-state index contributed by atoms with van der Waals surface area (Å²) in [7, 11) is 0. The molecule has 200 valence electrons. The molecule has 0 radical (unpaired) electrons. The van der Waals surface area contributed by atoms with Crippen LogP contribution < -0.4 is 0 Å². The highest BCUT2D eigenvalue weighted by Gasteiger charge is 2.59. The van der Waals surface area contributed by atoms with Crippen LogP contribution in [0.2, 0.25) is 0 Å². The minimum atomic E-state index is -0.464. The summed E-state index contributed by atoms with van der Waals surface area (Å²) >= 11 is 0. The van der Waals surface area contributed by atoms with E-state index < -0.39 is 6.16 Å². The summed E-state index contributed by atoms with van der Waals surface area (Å²) in [5.74, 6) is 5.19. The fourth-order valence-electron chi connectivity index (χ4n) is 9.22. The summed E-state index contributed by atoms with van der Waals surface area (Å²) in [5, 5.41) is 0. The van der Waals surface area contributed by atoms with Crippen LogP contribution in [-0.2, 0) is 9.47 Å². The first-order valence-electron chi connectivity index (χ1n) is 15.2. The molecule has 0 aromatic carbocycles. The summed E-state index contributed by atoms with van der Waals surface area (Å²) in [6, 6.07) is 0. The van der Waals surface area contributed by atoms with Crippen LogP contribution in [-0.4, -0.2) is 18.9 Å². The molecule has 0 aliphatic heterocycles. The van der Waals surface area contributed by atoms with Gasteiger partial charge in [-0.25, -0.2) is 4.79 Å². The predicted octanol–water partition coefficient (Wildman–Crippen LogP) is 9.35. The Labute approximate surface area is 216 Å². The first-order chi connectivity index (χ1) is 16.7. The van der Waals surface area contributed by atoms with Gasteiger partial charge in [-0.1, -0.05) is 78.9 Å². The zero-order chi connectivity index (χ0) is 25.2. The highest BCUT2D eigenvalue weighted by Crippen LogP contribution is 2.67. The van der Waals surface area contributed by atoms with Crippen LogP contribution in [0.25, 0.3) is 0 Å². The van der Waals surface area contributed by atoms with Crippen molar-refractivity contribution in [2.45, 2.75) is 131 Å². The highest BCUT2D eigenvalue weighted by molar-refractivity contribution is 5.60. The van der Waals surface area contributed by atoms with E-state index in [4.69, 9.17) is 9.47 Å². The number of carbonyl (C=O) groups is 1. The molecule has 0 amide bonds. The molecule has 0 bridgehead atoms. The van der Waals surface area contributed by atoms with E-state index in [1.807, 2.05) is 0 Å². The number of carbonyl (C=O) groups excluding carboxylic acids is 1. The molecule has 4 aliphatic carbocycles. The van der Waals surface area contributed by atoms with Gasteiger partial charge in [-0.2, -0.15) is 0 Å². The van der Waals surface area contributed by atoms with Gasteiger partial charge < -0.3 is 9.47 Å². The second kappa shape index (κ2) is 11.2. The lowest BCUT2D eigenvalue weighted by Gasteiger charge is -2.58. The van der Waals surface area contributed by atoms with Crippen LogP contribution in [0.15, 0.2) is 11.6 Å². The maximum absolute atomic E-state index is 12.1. The summed E-state index contributed by atoms with van der Waals surface area (Å²) in [6.07, 6.45) is 18.3. The van der Waals surface area contributed by atoms with Crippen molar-refractivity contribution in [1.29, 1.82) is 0 Å². The third kappa shape index (κ3) is 5.49. The van der Waals surface area contributed by atoms with Gasteiger partial charge in [-0.15, -0.1) is 0 Å². The Bertz CT molecular complexity index is 756. The minimum Gasteiger partial charge on any atom is -0.434 e. The van der Waals surface area contributed by atoms with Crippen molar-refractivity contribution in [2.24, 2.45) is 46.3 Å². The molecular weight excluding hydrogens is 432 g/mol. The van der Waals surface area contributed by atoms with E-state index >= 15 is 0 Å².